The van der Waals surface area contributed by atoms with Crippen LogP contribution in [-0.2, 0) is 10.8 Å². The second-order valence-electron chi connectivity index (χ2n) is 6.26. The van der Waals surface area contributed by atoms with Crippen molar-refractivity contribution in [2.75, 3.05) is 5.75 Å². The molecule has 0 spiro atoms. The molecule has 1 saturated carbocycles. The molecule has 0 aliphatic heterocycles. The van der Waals surface area contributed by atoms with E-state index in [9.17, 15) is 9.47 Å². The lowest BCUT2D eigenvalue weighted by Gasteiger charge is -2.33. The molecule has 5 atom stereocenters. The molecule has 3 heteroatoms. The highest BCUT2D eigenvalue weighted by atomic mass is 32.2. The Balaban J connectivity index is 2.09. The van der Waals surface area contributed by atoms with Crippen molar-refractivity contribution in [1.82, 2.24) is 0 Å². The monoisotopic (exact) mass is 303 g/mol. The summed E-state index contributed by atoms with van der Waals surface area (Å²) < 4.78 is 12.7. The van der Waals surface area contributed by atoms with Crippen LogP contribution in [0, 0.1) is 23.2 Å². The molecule has 0 radical (unpaired) electrons. The van der Waals surface area contributed by atoms with Gasteiger partial charge in [-0.3, -0.25) is 4.21 Å². The predicted octanol–water partition coefficient (Wildman–Crippen LogP) is 4.26. The lowest BCUT2D eigenvalue weighted by molar-refractivity contribution is 0.386. The zero-order valence-corrected chi connectivity index (χ0v) is 13.8. The lowest BCUT2D eigenvalue weighted by Crippen LogP contribution is -2.33. The maximum absolute atomic E-state index is 12.7. The number of hydrogen-bond donors (Lipinski definition) is 0. The third-order valence-corrected chi connectivity index (χ3v) is 6.81. The Kier molecular flexibility index (Phi) is 5.99. The minimum Gasteiger partial charge on any atom is -0.259 e. The van der Waals surface area contributed by atoms with E-state index in [1.165, 1.54) is 5.56 Å². The third kappa shape index (κ3) is 4.17. The van der Waals surface area contributed by atoms with E-state index < -0.39 is 10.8 Å². The minimum absolute atomic E-state index is 0.0325. The molecule has 1 aliphatic rings. The fourth-order valence-corrected chi connectivity index (χ4v) is 5.17. The van der Waals surface area contributed by atoms with Gasteiger partial charge in [0, 0.05) is 16.6 Å². The van der Waals surface area contributed by atoms with Crippen molar-refractivity contribution in [2.45, 2.75) is 50.7 Å². The summed E-state index contributed by atoms with van der Waals surface area (Å²) in [6.07, 6.45) is 3.87. The van der Waals surface area contributed by atoms with E-state index in [-0.39, 0.29) is 11.2 Å². The Hall–Kier alpha value is -1.14. The molecule has 0 N–H and O–H groups in total. The first-order valence-electron chi connectivity index (χ1n) is 7.97. The van der Waals surface area contributed by atoms with Crippen LogP contribution in [0.25, 0.3) is 0 Å². The van der Waals surface area contributed by atoms with Gasteiger partial charge >= 0.3 is 0 Å². The SMILES string of the molecule is CCC(C)CS(=O)C1CC(c2ccccc2)CCC1C#N. The Morgan fingerprint density at radius 2 is 2.05 bits per heavy atom. The molecule has 0 heterocycles. The zero-order chi connectivity index (χ0) is 15.2. The summed E-state index contributed by atoms with van der Waals surface area (Å²) in [5, 5.41) is 9.42. The van der Waals surface area contributed by atoms with Crippen LogP contribution >= 0.6 is 0 Å². The number of benzene rings is 1. The van der Waals surface area contributed by atoms with Crippen LogP contribution in [0.3, 0.4) is 0 Å². The summed E-state index contributed by atoms with van der Waals surface area (Å²) in [6, 6.07) is 12.9. The summed E-state index contributed by atoms with van der Waals surface area (Å²) in [7, 11) is -0.883. The van der Waals surface area contributed by atoms with Gasteiger partial charge in [0.25, 0.3) is 0 Å². The topological polar surface area (TPSA) is 40.9 Å². The van der Waals surface area contributed by atoms with Gasteiger partial charge in [-0.1, -0.05) is 50.6 Å². The maximum atomic E-state index is 12.7. The number of nitriles is 1. The molecule has 1 aromatic carbocycles. The van der Waals surface area contributed by atoms with Gasteiger partial charge in [0.2, 0.25) is 0 Å². The molecule has 114 valence electrons. The van der Waals surface area contributed by atoms with E-state index >= 15 is 0 Å². The molecule has 2 nitrogen and oxygen atoms in total. The summed E-state index contributed by atoms with van der Waals surface area (Å²) in [6.45, 7) is 4.29. The Morgan fingerprint density at radius 3 is 2.67 bits per heavy atom. The van der Waals surface area contributed by atoms with Crippen LogP contribution in [0.2, 0.25) is 0 Å². The first-order chi connectivity index (χ1) is 10.2. The van der Waals surface area contributed by atoms with Gasteiger partial charge in [-0.2, -0.15) is 5.26 Å². The molecular formula is C18H25NOS. The van der Waals surface area contributed by atoms with E-state index in [0.29, 0.717) is 11.8 Å². The molecule has 1 aromatic rings. The largest absolute Gasteiger partial charge is 0.259 e. The van der Waals surface area contributed by atoms with E-state index in [1.807, 2.05) is 6.07 Å². The normalized spacial score (nSPS) is 28.5. The standard InChI is InChI=1S/C18H25NOS/c1-3-14(2)13-21(20)18-11-16(9-10-17(18)12-19)15-7-5-4-6-8-15/h4-8,14,16-18H,3,9-11,13H2,1-2H3. The quantitative estimate of drug-likeness (QED) is 0.815. The van der Waals surface area contributed by atoms with Crippen molar-refractivity contribution in [3.8, 4) is 6.07 Å². The van der Waals surface area contributed by atoms with Crippen molar-refractivity contribution in [1.29, 1.82) is 5.26 Å². The average Bonchev–Trinajstić information content (AvgIpc) is 2.54. The molecule has 1 aliphatic carbocycles. The van der Waals surface area contributed by atoms with Gasteiger partial charge < -0.3 is 0 Å². The molecule has 0 aromatic heterocycles. The van der Waals surface area contributed by atoms with Crippen LogP contribution in [0.15, 0.2) is 30.3 Å². The van der Waals surface area contributed by atoms with Crippen LogP contribution in [-0.4, -0.2) is 15.2 Å². The molecule has 2 rings (SSSR count). The van der Waals surface area contributed by atoms with Crippen molar-refractivity contribution in [2.24, 2.45) is 11.8 Å². The fraction of sp³-hybridized carbons (Fsp3) is 0.611. The Morgan fingerprint density at radius 1 is 1.33 bits per heavy atom. The van der Waals surface area contributed by atoms with Gasteiger partial charge in [0.15, 0.2) is 0 Å². The molecule has 0 amide bonds. The van der Waals surface area contributed by atoms with E-state index in [2.05, 4.69) is 44.2 Å². The molecule has 0 saturated heterocycles. The van der Waals surface area contributed by atoms with E-state index in [4.69, 9.17) is 0 Å². The highest BCUT2D eigenvalue weighted by Gasteiger charge is 2.35. The van der Waals surface area contributed by atoms with Crippen molar-refractivity contribution >= 4 is 10.8 Å². The van der Waals surface area contributed by atoms with E-state index in [0.717, 1.165) is 31.4 Å². The summed E-state index contributed by atoms with van der Waals surface area (Å²) in [5.41, 5.74) is 1.33. The van der Waals surface area contributed by atoms with Crippen molar-refractivity contribution in [3.05, 3.63) is 35.9 Å². The van der Waals surface area contributed by atoms with Crippen molar-refractivity contribution in [3.63, 3.8) is 0 Å². The smallest absolute Gasteiger partial charge is 0.0668 e. The Labute approximate surface area is 131 Å². The van der Waals surface area contributed by atoms with Gasteiger partial charge in [-0.05, 0) is 36.7 Å². The van der Waals surface area contributed by atoms with Gasteiger partial charge in [-0.25, -0.2) is 0 Å². The molecule has 1 fully saturated rings. The fourth-order valence-electron chi connectivity index (χ4n) is 3.12. The average molecular weight is 303 g/mol. The second-order valence-corrected chi connectivity index (χ2v) is 7.96. The van der Waals surface area contributed by atoms with Gasteiger partial charge in [-0.15, -0.1) is 0 Å². The molecular weight excluding hydrogens is 278 g/mol. The Bertz CT molecular complexity index is 508. The summed E-state index contributed by atoms with van der Waals surface area (Å²) in [5.74, 6) is 1.64. The highest BCUT2D eigenvalue weighted by molar-refractivity contribution is 7.85. The summed E-state index contributed by atoms with van der Waals surface area (Å²) in [4.78, 5) is 0. The lowest BCUT2D eigenvalue weighted by atomic mass is 9.79. The van der Waals surface area contributed by atoms with Crippen LogP contribution in [0.4, 0.5) is 0 Å². The minimum atomic E-state index is -0.883. The molecule has 0 bridgehead atoms. The first kappa shape index (κ1) is 16.2. The summed E-state index contributed by atoms with van der Waals surface area (Å²) >= 11 is 0. The van der Waals surface area contributed by atoms with Gasteiger partial charge in [0.05, 0.1) is 17.2 Å². The number of hydrogen-bond acceptors (Lipinski definition) is 2. The number of nitrogens with zero attached hydrogens (tertiary/aromatic N) is 1. The van der Waals surface area contributed by atoms with Crippen molar-refractivity contribution < 1.29 is 4.21 Å². The molecule has 5 unspecified atom stereocenters. The maximum Gasteiger partial charge on any atom is 0.0668 e. The number of rotatable bonds is 5. The molecule has 21 heavy (non-hydrogen) atoms. The third-order valence-electron chi connectivity index (χ3n) is 4.71. The van der Waals surface area contributed by atoms with Crippen LogP contribution < -0.4 is 0 Å². The van der Waals surface area contributed by atoms with Gasteiger partial charge in [0.1, 0.15) is 0 Å². The second kappa shape index (κ2) is 7.75. The predicted molar refractivity (Wildman–Crippen MR) is 88.4 cm³/mol. The van der Waals surface area contributed by atoms with E-state index in [1.54, 1.807) is 0 Å². The van der Waals surface area contributed by atoms with Crippen LogP contribution in [0.1, 0.15) is 51.0 Å². The highest BCUT2D eigenvalue weighted by Crippen LogP contribution is 2.38. The zero-order valence-electron chi connectivity index (χ0n) is 13.0. The van der Waals surface area contributed by atoms with Crippen LogP contribution in [0.5, 0.6) is 0 Å². The first-order valence-corrected chi connectivity index (χ1v) is 9.35.